The number of amides is 1. The number of rotatable bonds is 8. The Hall–Kier alpha value is -2.23. The van der Waals surface area contributed by atoms with Crippen molar-refractivity contribution in [3.8, 4) is 0 Å². The first kappa shape index (κ1) is 24.4. The topological polar surface area (TPSA) is 212 Å². The van der Waals surface area contributed by atoms with Gasteiger partial charge in [0.15, 0.2) is 6.10 Å². The summed E-state index contributed by atoms with van der Waals surface area (Å²) >= 11 is 1.24. The molecule has 8 atom stereocenters. The smallest absolute Gasteiger partial charge is 0.358 e. The summed E-state index contributed by atoms with van der Waals surface area (Å²) in [5, 5.41) is 48.8. The van der Waals surface area contributed by atoms with Crippen LogP contribution in [0.5, 0.6) is 0 Å². The lowest BCUT2D eigenvalue weighted by molar-refractivity contribution is -0.285. The summed E-state index contributed by atoms with van der Waals surface area (Å²) in [4.78, 5) is 42.3. The Morgan fingerprint density at radius 2 is 2.03 bits per heavy atom. The van der Waals surface area contributed by atoms with Gasteiger partial charge in [0, 0.05) is 17.1 Å². The highest BCUT2D eigenvalue weighted by atomic mass is 32.2. The number of ether oxygens (including phenoxy) is 2. The molecule has 0 aromatic rings. The summed E-state index contributed by atoms with van der Waals surface area (Å²) < 4.78 is 10.1. The maximum Gasteiger partial charge on any atom is 0.358 e. The van der Waals surface area contributed by atoms with E-state index in [1.807, 2.05) is 0 Å². The molecule has 0 aromatic heterocycles. The number of carboxylic acids is 1. The predicted molar refractivity (Wildman–Crippen MR) is 108 cm³/mol. The van der Waals surface area contributed by atoms with Crippen molar-refractivity contribution < 1.29 is 49.4 Å². The number of aliphatic hydroxyl groups excluding tert-OH is 4. The molecule has 0 saturated carbocycles. The molecule has 178 valence electrons. The summed E-state index contributed by atoms with van der Waals surface area (Å²) in [6.07, 6.45) is -9.14. The predicted octanol–water partition coefficient (Wildman–Crippen LogP) is -3.03. The van der Waals surface area contributed by atoms with Crippen molar-refractivity contribution in [1.29, 1.82) is 0 Å². The van der Waals surface area contributed by atoms with Gasteiger partial charge < -0.3 is 45.6 Å². The largest absolute Gasteiger partial charge is 0.479 e. The van der Waals surface area contributed by atoms with E-state index in [9.17, 15) is 34.8 Å². The van der Waals surface area contributed by atoms with Crippen LogP contribution in [0.1, 0.15) is 13.3 Å². The van der Waals surface area contributed by atoms with E-state index in [2.05, 4.69) is 4.99 Å². The van der Waals surface area contributed by atoms with Gasteiger partial charge in [-0.2, -0.15) is 0 Å². The number of carboxylic acid groups (broad SMARTS) is 1. The molecule has 0 aliphatic carbocycles. The number of aliphatic imine (C=N–C) groups is 1. The number of fused-ring (bicyclic) bond motifs is 1. The first-order chi connectivity index (χ1) is 15.1. The number of esters is 1. The number of hydrogen-bond acceptors (Lipinski definition) is 11. The lowest BCUT2D eigenvalue weighted by Crippen LogP contribution is -2.63. The van der Waals surface area contributed by atoms with Gasteiger partial charge in [0.05, 0.1) is 30.9 Å². The fraction of sp³-hybridized carbons (Fsp3) is 0.667. The Kier molecular flexibility index (Phi) is 7.42. The Bertz CT molecular complexity index is 834. The van der Waals surface area contributed by atoms with Crippen LogP contribution in [0, 0.1) is 5.92 Å². The SMILES string of the molecule is C[C@@H](O)[C@H]1C(=O)N2C(C(=O)OC3OC(C(=O)O)C(O)C(O)C3O)=C(SCCN=CN)C[C@H]12. The average Bonchev–Trinajstić information content (AvgIpc) is 3.05. The number of thioether (sulfide) groups is 1. The van der Waals surface area contributed by atoms with Crippen LogP contribution in [-0.2, 0) is 23.9 Å². The number of nitrogens with zero attached hydrogens (tertiary/aromatic N) is 2. The number of carbonyl (C=O) groups is 3. The lowest BCUT2D eigenvalue weighted by atomic mass is 9.83. The molecule has 3 aliphatic heterocycles. The Balaban J connectivity index is 1.80. The Morgan fingerprint density at radius 3 is 2.62 bits per heavy atom. The van der Waals surface area contributed by atoms with E-state index in [-0.39, 0.29) is 12.1 Å². The zero-order valence-electron chi connectivity index (χ0n) is 17.0. The third kappa shape index (κ3) is 4.33. The molecule has 13 nitrogen and oxygen atoms in total. The standard InChI is InChI=1S/C18H25N3O10S/c1-6(22)9-7-4-8(32-3-2-20-5-19)10(21(7)15(9)26)17(29)31-18-13(25)11(23)12(24)14(30-18)16(27)28/h5-7,9,11-14,18,22-25H,2-4H2,1H3,(H2,19,20)(H,27,28)/t6-,7-,9-,11?,12?,13?,14?,18?/m1/s1. The highest BCUT2D eigenvalue weighted by Crippen LogP contribution is 2.47. The van der Waals surface area contributed by atoms with Crippen LogP contribution in [0.15, 0.2) is 15.6 Å². The monoisotopic (exact) mass is 475 g/mol. The molecule has 3 rings (SSSR count). The van der Waals surface area contributed by atoms with E-state index in [4.69, 9.17) is 20.3 Å². The van der Waals surface area contributed by atoms with Gasteiger partial charge in [-0.05, 0) is 6.92 Å². The molecule has 0 aromatic carbocycles. The number of nitrogens with two attached hydrogens (primary N) is 1. The summed E-state index contributed by atoms with van der Waals surface area (Å²) in [7, 11) is 0. The summed E-state index contributed by atoms with van der Waals surface area (Å²) in [5.74, 6) is -3.44. The molecule has 0 spiro atoms. The maximum absolute atomic E-state index is 13.0. The van der Waals surface area contributed by atoms with Crippen molar-refractivity contribution in [2.75, 3.05) is 12.3 Å². The van der Waals surface area contributed by atoms with Crippen LogP contribution in [-0.4, -0.2) is 110 Å². The van der Waals surface area contributed by atoms with Crippen molar-refractivity contribution in [3.05, 3.63) is 10.6 Å². The highest BCUT2D eigenvalue weighted by molar-refractivity contribution is 8.03. The highest BCUT2D eigenvalue weighted by Gasteiger charge is 2.57. The molecule has 7 N–H and O–H groups in total. The fourth-order valence-corrected chi connectivity index (χ4v) is 5.01. The van der Waals surface area contributed by atoms with E-state index in [1.165, 1.54) is 23.6 Å². The van der Waals surface area contributed by atoms with Gasteiger partial charge in [-0.25, -0.2) is 9.59 Å². The second kappa shape index (κ2) is 9.72. The van der Waals surface area contributed by atoms with Crippen LogP contribution in [0.2, 0.25) is 0 Å². The van der Waals surface area contributed by atoms with Gasteiger partial charge >= 0.3 is 11.9 Å². The second-order valence-electron chi connectivity index (χ2n) is 7.56. The molecule has 14 heteroatoms. The summed E-state index contributed by atoms with van der Waals surface area (Å²) in [5.41, 5.74) is 5.10. The maximum atomic E-state index is 13.0. The molecule has 32 heavy (non-hydrogen) atoms. The third-order valence-electron chi connectivity index (χ3n) is 5.52. The quantitative estimate of drug-likeness (QED) is 0.0680. The van der Waals surface area contributed by atoms with Gasteiger partial charge in [-0.15, -0.1) is 11.8 Å². The van der Waals surface area contributed by atoms with Crippen LogP contribution < -0.4 is 5.73 Å². The van der Waals surface area contributed by atoms with Gasteiger partial charge in [-0.3, -0.25) is 9.79 Å². The number of β-lactam (4-membered cyclic amide) rings is 1. The summed E-state index contributed by atoms with van der Waals surface area (Å²) in [6.45, 7) is 1.82. The van der Waals surface area contributed by atoms with Gasteiger partial charge in [0.2, 0.25) is 12.2 Å². The Labute approximate surface area is 186 Å². The van der Waals surface area contributed by atoms with Crippen LogP contribution in [0.4, 0.5) is 0 Å². The van der Waals surface area contributed by atoms with E-state index >= 15 is 0 Å². The molecule has 3 heterocycles. The van der Waals surface area contributed by atoms with E-state index < -0.39 is 66.6 Å². The molecule has 0 bridgehead atoms. The molecular formula is C18H25N3O10S. The third-order valence-corrected chi connectivity index (χ3v) is 6.61. The normalized spacial score (nSPS) is 35.6. The van der Waals surface area contributed by atoms with Crippen LogP contribution in [0.3, 0.4) is 0 Å². The van der Waals surface area contributed by atoms with Crippen molar-refractivity contribution >= 4 is 35.9 Å². The first-order valence-electron chi connectivity index (χ1n) is 9.80. The van der Waals surface area contributed by atoms with Crippen molar-refractivity contribution in [1.82, 2.24) is 4.90 Å². The molecule has 1 amide bonds. The van der Waals surface area contributed by atoms with Crippen molar-refractivity contribution in [3.63, 3.8) is 0 Å². The molecule has 3 aliphatic rings. The molecule has 2 saturated heterocycles. The molecular weight excluding hydrogens is 450 g/mol. The van der Waals surface area contributed by atoms with E-state index in [1.54, 1.807) is 0 Å². The van der Waals surface area contributed by atoms with Crippen molar-refractivity contribution in [2.24, 2.45) is 16.6 Å². The van der Waals surface area contributed by atoms with E-state index in [0.29, 0.717) is 17.2 Å². The first-order valence-corrected chi connectivity index (χ1v) is 10.8. The van der Waals surface area contributed by atoms with Crippen LogP contribution in [0.25, 0.3) is 0 Å². The average molecular weight is 475 g/mol. The number of aliphatic carboxylic acids is 1. The zero-order chi connectivity index (χ0) is 23.7. The van der Waals surface area contributed by atoms with Crippen LogP contribution >= 0.6 is 11.8 Å². The van der Waals surface area contributed by atoms with E-state index in [0.717, 1.165) is 6.34 Å². The Morgan fingerprint density at radius 1 is 1.34 bits per heavy atom. The fourth-order valence-electron chi connectivity index (χ4n) is 3.96. The second-order valence-corrected chi connectivity index (χ2v) is 8.75. The number of carbonyl (C=O) groups excluding carboxylic acids is 2. The minimum absolute atomic E-state index is 0.109. The summed E-state index contributed by atoms with van der Waals surface area (Å²) in [6, 6.07) is -0.457. The molecule has 5 unspecified atom stereocenters. The van der Waals surface area contributed by atoms with Gasteiger partial charge in [0.1, 0.15) is 24.0 Å². The lowest BCUT2D eigenvalue weighted by Gasteiger charge is -2.45. The molecule has 0 radical (unpaired) electrons. The molecule has 2 fully saturated rings. The van der Waals surface area contributed by atoms with Gasteiger partial charge in [-0.1, -0.05) is 0 Å². The number of hydrogen-bond donors (Lipinski definition) is 6. The van der Waals surface area contributed by atoms with Crippen molar-refractivity contribution in [2.45, 2.75) is 56.2 Å². The van der Waals surface area contributed by atoms with Gasteiger partial charge in [0.25, 0.3) is 0 Å². The number of aliphatic hydroxyl groups is 4. The zero-order valence-corrected chi connectivity index (χ0v) is 17.8. The minimum Gasteiger partial charge on any atom is -0.479 e. The minimum atomic E-state index is -1.94.